The van der Waals surface area contributed by atoms with Crippen LogP contribution >= 0.6 is 11.6 Å². The van der Waals surface area contributed by atoms with Crippen molar-refractivity contribution in [1.82, 2.24) is 10.8 Å². The summed E-state index contributed by atoms with van der Waals surface area (Å²) in [6.07, 6.45) is 0.0923. The second-order valence-electron chi connectivity index (χ2n) is 3.74. The van der Waals surface area contributed by atoms with Gasteiger partial charge in [-0.15, -0.1) is 0 Å². The van der Waals surface area contributed by atoms with Gasteiger partial charge in [0.2, 0.25) is 11.8 Å². The highest BCUT2D eigenvalue weighted by atomic mass is 35.5. The SMILES string of the molecule is CONC(=O)CC(NC(C)=O)c1ccc(Cl)cc1. The van der Waals surface area contributed by atoms with E-state index in [4.69, 9.17) is 11.6 Å². The third-order valence-electron chi connectivity index (χ3n) is 2.26. The van der Waals surface area contributed by atoms with Crippen LogP contribution in [-0.2, 0) is 14.4 Å². The van der Waals surface area contributed by atoms with E-state index in [1.54, 1.807) is 24.3 Å². The van der Waals surface area contributed by atoms with Gasteiger partial charge in [0.1, 0.15) is 0 Å². The number of benzene rings is 1. The van der Waals surface area contributed by atoms with Gasteiger partial charge in [-0.05, 0) is 17.7 Å². The van der Waals surface area contributed by atoms with Gasteiger partial charge in [0.25, 0.3) is 0 Å². The molecule has 1 unspecified atom stereocenters. The lowest BCUT2D eigenvalue weighted by molar-refractivity contribution is -0.132. The molecule has 6 heteroatoms. The van der Waals surface area contributed by atoms with E-state index in [0.29, 0.717) is 5.02 Å². The summed E-state index contributed by atoms with van der Waals surface area (Å²) in [6, 6.07) is 6.54. The number of nitrogens with one attached hydrogen (secondary N) is 2. The second kappa shape index (κ2) is 6.98. The van der Waals surface area contributed by atoms with Crippen LogP contribution in [0.5, 0.6) is 0 Å². The van der Waals surface area contributed by atoms with E-state index in [2.05, 4.69) is 15.6 Å². The zero-order valence-electron chi connectivity index (χ0n) is 10.2. The Morgan fingerprint density at radius 3 is 2.44 bits per heavy atom. The van der Waals surface area contributed by atoms with E-state index in [1.165, 1.54) is 14.0 Å². The molecule has 0 aromatic heterocycles. The Labute approximate surface area is 110 Å². The van der Waals surface area contributed by atoms with E-state index in [0.717, 1.165) is 5.56 Å². The summed E-state index contributed by atoms with van der Waals surface area (Å²) < 4.78 is 0. The molecule has 2 N–H and O–H groups in total. The number of hydrogen-bond acceptors (Lipinski definition) is 3. The predicted molar refractivity (Wildman–Crippen MR) is 67.8 cm³/mol. The Morgan fingerprint density at radius 2 is 1.94 bits per heavy atom. The molecule has 98 valence electrons. The molecule has 0 fully saturated rings. The average molecular weight is 271 g/mol. The molecule has 1 rings (SSSR count). The number of amides is 2. The van der Waals surface area contributed by atoms with Gasteiger partial charge in [-0.3, -0.25) is 14.4 Å². The minimum Gasteiger partial charge on any atom is -0.349 e. The fraction of sp³-hybridized carbons (Fsp3) is 0.333. The van der Waals surface area contributed by atoms with Gasteiger partial charge in [-0.25, -0.2) is 5.48 Å². The zero-order valence-corrected chi connectivity index (χ0v) is 11.0. The highest BCUT2D eigenvalue weighted by Crippen LogP contribution is 2.19. The molecule has 0 radical (unpaired) electrons. The lowest BCUT2D eigenvalue weighted by atomic mass is 10.0. The maximum absolute atomic E-state index is 11.5. The predicted octanol–water partition coefficient (Wildman–Crippen LogP) is 1.58. The number of carbonyl (C=O) groups excluding carboxylic acids is 2. The molecule has 2 amide bonds. The van der Waals surface area contributed by atoms with Crippen molar-refractivity contribution in [2.45, 2.75) is 19.4 Å². The van der Waals surface area contributed by atoms with Crippen molar-refractivity contribution in [3.63, 3.8) is 0 Å². The van der Waals surface area contributed by atoms with Crippen LogP contribution < -0.4 is 10.8 Å². The van der Waals surface area contributed by atoms with Crippen molar-refractivity contribution < 1.29 is 14.4 Å². The van der Waals surface area contributed by atoms with Crippen LogP contribution in [0.25, 0.3) is 0 Å². The van der Waals surface area contributed by atoms with Crippen molar-refractivity contribution in [2.24, 2.45) is 0 Å². The number of hydroxylamine groups is 1. The van der Waals surface area contributed by atoms with E-state index < -0.39 is 6.04 Å². The highest BCUT2D eigenvalue weighted by molar-refractivity contribution is 6.30. The van der Waals surface area contributed by atoms with Crippen LogP contribution in [-0.4, -0.2) is 18.9 Å². The number of carbonyl (C=O) groups is 2. The second-order valence-corrected chi connectivity index (χ2v) is 4.17. The summed E-state index contributed by atoms with van der Waals surface area (Å²) in [7, 11) is 1.35. The van der Waals surface area contributed by atoms with Gasteiger partial charge in [0.05, 0.1) is 19.6 Å². The van der Waals surface area contributed by atoms with Crippen molar-refractivity contribution in [2.75, 3.05) is 7.11 Å². The monoisotopic (exact) mass is 270 g/mol. The van der Waals surface area contributed by atoms with Crippen LogP contribution in [0, 0.1) is 0 Å². The first-order chi connectivity index (χ1) is 8.52. The molecule has 0 saturated carbocycles. The Balaban J connectivity index is 2.80. The van der Waals surface area contributed by atoms with Gasteiger partial charge < -0.3 is 5.32 Å². The molecule has 0 spiro atoms. The highest BCUT2D eigenvalue weighted by Gasteiger charge is 2.16. The average Bonchev–Trinajstić information content (AvgIpc) is 2.28. The summed E-state index contributed by atoms with van der Waals surface area (Å²) in [5.74, 6) is -0.522. The Hall–Kier alpha value is -1.59. The lowest BCUT2D eigenvalue weighted by Gasteiger charge is -2.17. The first-order valence-electron chi connectivity index (χ1n) is 5.37. The van der Waals surface area contributed by atoms with Crippen LogP contribution in [0.4, 0.5) is 0 Å². The summed E-state index contributed by atoms with van der Waals surface area (Å²) >= 11 is 5.79. The first-order valence-corrected chi connectivity index (χ1v) is 5.75. The fourth-order valence-corrected chi connectivity index (χ4v) is 1.66. The van der Waals surface area contributed by atoms with E-state index in [9.17, 15) is 9.59 Å². The van der Waals surface area contributed by atoms with Crippen LogP contribution in [0.3, 0.4) is 0 Å². The van der Waals surface area contributed by atoms with Gasteiger partial charge in [-0.1, -0.05) is 23.7 Å². The van der Waals surface area contributed by atoms with Crippen LogP contribution in [0.1, 0.15) is 24.9 Å². The normalized spacial score (nSPS) is 11.7. The summed E-state index contributed by atoms with van der Waals surface area (Å²) in [6.45, 7) is 1.40. The Bertz CT molecular complexity index is 420. The first kappa shape index (κ1) is 14.5. The minimum absolute atomic E-state index is 0.0923. The van der Waals surface area contributed by atoms with Crippen molar-refractivity contribution >= 4 is 23.4 Å². The van der Waals surface area contributed by atoms with E-state index in [1.807, 2.05) is 0 Å². The molecule has 0 saturated heterocycles. The Kier molecular flexibility index (Phi) is 5.61. The maximum atomic E-state index is 11.5. The number of halogens is 1. The molecule has 0 bridgehead atoms. The quantitative estimate of drug-likeness (QED) is 0.799. The largest absolute Gasteiger partial charge is 0.349 e. The maximum Gasteiger partial charge on any atom is 0.245 e. The van der Waals surface area contributed by atoms with Gasteiger partial charge in [0.15, 0.2) is 0 Å². The third kappa shape index (κ3) is 4.73. The van der Waals surface area contributed by atoms with Crippen LogP contribution in [0.15, 0.2) is 24.3 Å². The van der Waals surface area contributed by atoms with Crippen molar-refractivity contribution in [1.29, 1.82) is 0 Å². The van der Waals surface area contributed by atoms with Gasteiger partial charge in [0, 0.05) is 11.9 Å². The summed E-state index contributed by atoms with van der Waals surface area (Å²) in [5, 5.41) is 3.31. The van der Waals surface area contributed by atoms with Crippen LogP contribution in [0.2, 0.25) is 5.02 Å². The smallest absolute Gasteiger partial charge is 0.245 e. The molecule has 0 aliphatic rings. The fourth-order valence-electron chi connectivity index (χ4n) is 1.53. The molecule has 1 atom stereocenters. The molecule has 5 nitrogen and oxygen atoms in total. The Morgan fingerprint density at radius 1 is 1.33 bits per heavy atom. The van der Waals surface area contributed by atoms with Crippen molar-refractivity contribution in [3.05, 3.63) is 34.9 Å². The molecule has 1 aromatic rings. The van der Waals surface area contributed by atoms with Gasteiger partial charge in [-0.2, -0.15) is 0 Å². The molecule has 1 aromatic carbocycles. The zero-order chi connectivity index (χ0) is 13.5. The molecule has 0 aliphatic heterocycles. The summed E-state index contributed by atoms with van der Waals surface area (Å²) in [4.78, 5) is 27.1. The van der Waals surface area contributed by atoms with E-state index >= 15 is 0 Å². The van der Waals surface area contributed by atoms with E-state index in [-0.39, 0.29) is 18.2 Å². The summed E-state index contributed by atoms with van der Waals surface area (Å²) in [5.41, 5.74) is 3.02. The molecule has 18 heavy (non-hydrogen) atoms. The third-order valence-corrected chi connectivity index (χ3v) is 2.51. The lowest BCUT2D eigenvalue weighted by Crippen LogP contribution is -2.32. The molecule has 0 aliphatic carbocycles. The number of hydrogen-bond donors (Lipinski definition) is 2. The standard InChI is InChI=1S/C12H15ClN2O3/c1-8(16)14-11(7-12(17)15-18-2)9-3-5-10(13)6-4-9/h3-6,11H,7H2,1-2H3,(H,14,16)(H,15,17). The van der Waals surface area contributed by atoms with Gasteiger partial charge >= 0.3 is 0 Å². The van der Waals surface area contributed by atoms with Crippen molar-refractivity contribution in [3.8, 4) is 0 Å². The molecular formula is C12H15ClN2O3. The molecular weight excluding hydrogens is 256 g/mol. The minimum atomic E-state index is -0.407. The number of rotatable bonds is 5. The topological polar surface area (TPSA) is 67.4 Å². The molecule has 0 heterocycles.